The Morgan fingerprint density at radius 3 is 2.49 bits per heavy atom. The molecule has 11 heteroatoms. The highest BCUT2D eigenvalue weighted by Crippen LogP contribution is 2.65. The smallest absolute Gasteiger partial charge is 0.404 e. The molecular formula is C24H37BFN3O5S. The molecule has 0 unspecified atom stereocenters. The van der Waals surface area contributed by atoms with Gasteiger partial charge in [0.1, 0.15) is 5.82 Å². The van der Waals surface area contributed by atoms with E-state index in [1.54, 1.807) is 0 Å². The topological polar surface area (TPSA) is 120 Å². The van der Waals surface area contributed by atoms with Crippen LogP contribution in [-0.2, 0) is 24.1 Å². The number of hydrogen-bond donors (Lipinski definition) is 3. The van der Waals surface area contributed by atoms with E-state index in [-0.39, 0.29) is 28.9 Å². The van der Waals surface area contributed by atoms with Gasteiger partial charge in [0.2, 0.25) is 15.9 Å². The Hall–Kier alpha value is -1.53. The average molecular weight is 509 g/mol. The summed E-state index contributed by atoms with van der Waals surface area (Å²) >= 11 is 0. The Kier molecular flexibility index (Phi) is 7.13. The first-order valence-corrected chi connectivity index (χ1v) is 13.9. The minimum Gasteiger partial charge on any atom is -0.404 e. The van der Waals surface area contributed by atoms with Gasteiger partial charge in [-0.1, -0.05) is 27.7 Å². The summed E-state index contributed by atoms with van der Waals surface area (Å²) in [5.41, 5.74) is 5.85. The van der Waals surface area contributed by atoms with E-state index in [1.165, 1.54) is 0 Å². The van der Waals surface area contributed by atoms with Gasteiger partial charge in [-0.3, -0.25) is 4.79 Å². The lowest BCUT2D eigenvalue weighted by atomic mass is 9.43. The molecule has 4 aliphatic rings. The molecule has 1 aromatic rings. The summed E-state index contributed by atoms with van der Waals surface area (Å²) in [7, 11) is -4.52. The fourth-order valence-corrected chi connectivity index (χ4v) is 7.16. The number of halogens is 1. The first-order chi connectivity index (χ1) is 16.2. The van der Waals surface area contributed by atoms with E-state index in [2.05, 4.69) is 44.7 Å². The summed E-state index contributed by atoms with van der Waals surface area (Å²) in [4.78, 5) is 12.8. The van der Waals surface area contributed by atoms with Crippen molar-refractivity contribution in [3.05, 3.63) is 30.1 Å². The van der Waals surface area contributed by atoms with Crippen molar-refractivity contribution in [2.75, 3.05) is 6.54 Å². The van der Waals surface area contributed by atoms with Crippen molar-refractivity contribution >= 4 is 23.0 Å². The number of carbonyl (C=O) groups excluding carboxylic acids is 1. The molecule has 35 heavy (non-hydrogen) atoms. The number of nitrogens with one attached hydrogen (secondary N) is 2. The van der Waals surface area contributed by atoms with E-state index in [0.29, 0.717) is 18.3 Å². The standard InChI is InChI=1S/C24H37BFN3O5S/c1-14(2)10-21(25-33-20-12-15-11-19(23(15,3)4)24(20,5)34-25)29-22(30)18(27)13-28-35(31,32)17-8-6-16(26)7-9-17/h6-9,14-15,18-21,28H,10-13,27H2,1-5H3,(H,29,30)/t15-,18+,19-,20-,21+,24+/m1/s1. The first kappa shape index (κ1) is 26.5. The number of sulfonamides is 1. The summed E-state index contributed by atoms with van der Waals surface area (Å²) in [5, 5.41) is 2.95. The van der Waals surface area contributed by atoms with Crippen LogP contribution in [0.2, 0.25) is 0 Å². The zero-order valence-corrected chi connectivity index (χ0v) is 21.9. The monoisotopic (exact) mass is 509 g/mol. The van der Waals surface area contributed by atoms with Gasteiger partial charge in [0.05, 0.1) is 28.6 Å². The lowest BCUT2D eigenvalue weighted by Crippen LogP contribution is -2.65. The van der Waals surface area contributed by atoms with Crippen LogP contribution in [0.5, 0.6) is 0 Å². The molecule has 3 aliphatic carbocycles. The second-order valence-electron chi connectivity index (χ2n) is 11.5. The maximum atomic E-state index is 13.1. The molecule has 1 aliphatic heterocycles. The summed E-state index contributed by atoms with van der Waals surface area (Å²) < 4.78 is 53.3. The lowest BCUT2D eigenvalue weighted by molar-refractivity contribution is -0.199. The Morgan fingerprint density at radius 2 is 1.89 bits per heavy atom. The fourth-order valence-electron chi connectivity index (χ4n) is 6.10. The zero-order chi connectivity index (χ0) is 25.8. The third-order valence-electron chi connectivity index (χ3n) is 8.30. The molecule has 0 aromatic heterocycles. The molecule has 1 saturated heterocycles. The Labute approximate surface area is 208 Å². The van der Waals surface area contributed by atoms with Gasteiger partial charge in [0.25, 0.3) is 0 Å². The van der Waals surface area contributed by atoms with Crippen molar-refractivity contribution in [3.63, 3.8) is 0 Å². The van der Waals surface area contributed by atoms with Crippen molar-refractivity contribution in [1.29, 1.82) is 0 Å². The van der Waals surface area contributed by atoms with E-state index >= 15 is 0 Å². The highest BCUT2D eigenvalue weighted by molar-refractivity contribution is 7.89. The second-order valence-corrected chi connectivity index (χ2v) is 13.3. The first-order valence-electron chi connectivity index (χ1n) is 12.4. The van der Waals surface area contributed by atoms with E-state index in [0.717, 1.165) is 37.1 Å². The maximum Gasteiger partial charge on any atom is 0.481 e. The molecule has 4 fully saturated rings. The molecule has 3 saturated carbocycles. The Bertz CT molecular complexity index is 1050. The van der Waals surface area contributed by atoms with Gasteiger partial charge in [0.15, 0.2) is 0 Å². The molecule has 194 valence electrons. The van der Waals surface area contributed by atoms with Crippen molar-refractivity contribution in [3.8, 4) is 0 Å². The minimum absolute atomic E-state index is 0.00738. The van der Waals surface area contributed by atoms with Gasteiger partial charge in [-0.15, -0.1) is 0 Å². The summed E-state index contributed by atoms with van der Waals surface area (Å²) in [6, 6.07) is 3.31. The highest BCUT2D eigenvalue weighted by atomic mass is 32.2. The van der Waals surface area contributed by atoms with Crippen molar-refractivity contribution in [2.24, 2.45) is 28.9 Å². The van der Waals surface area contributed by atoms with E-state index in [1.807, 2.05) is 0 Å². The van der Waals surface area contributed by atoms with Crippen molar-refractivity contribution in [2.45, 2.75) is 82.5 Å². The van der Waals surface area contributed by atoms with Crippen LogP contribution in [-0.4, -0.2) is 51.7 Å². The number of amides is 1. The van der Waals surface area contributed by atoms with Gasteiger partial charge < -0.3 is 20.4 Å². The molecular weight excluding hydrogens is 472 g/mol. The van der Waals surface area contributed by atoms with Gasteiger partial charge in [-0.05, 0) is 73.6 Å². The molecule has 6 atom stereocenters. The van der Waals surface area contributed by atoms with Crippen LogP contribution in [0.1, 0.15) is 53.9 Å². The quantitative estimate of drug-likeness (QED) is 0.440. The summed E-state index contributed by atoms with van der Waals surface area (Å²) in [6.07, 6.45) is 2.71. The number of rotatable bonds is 9. The van der Waals surface area contributed by atoms with Gasteiger partial charge in [0, 0.05) is 6.54 Å². The molecule has 0 radical (unpaired) electrons. The molecule has 0 spiro atoms. The van der Waals surface area contributed by atoms with Crippen LogP contribution in [0, 0.1) is 29.0 Å². The zero-order valence-electron chi connectivity index (χ0n) is 21.1. The van der Waals surface area contributed by atoms with Crippen molar-refractivity contribution < 1.29 is 26.9 Å². The number of nitrogens with two attached hydrogens (primary N) is 1. The Balaban J connectivity index is 1.39. The summed E-state index contributed by atoms with van der Waals surface area (Å²) in [6.45, 7) is 10.5. The van der Waals surface area contributed by atoms with Crippen LogP contribution < -0.4 is 15.8 Å². The maximum absolute atomic E-state index is 13.1. The predicted molar refractivity (Wildman–Crippen MR) is 131 cm³/mol. The number of hydrogen-bond acceptors (Lipinski definition) is 6. The number of carbonyl (C=O) groups is 1. The van der Waals surface area contributed by atoms with Gasteiger partial charge in [-0.25, -0.2) is 17.5 Å². The van der Waals surface area contributed by atoms with Crippen molar-refractivity contribution in [1.82, 2.24) is 10.0 Å². The molecule has 4 N–H and O–H groups in total. The van der Waals surface area contributed by atoms with E-state index in [9.17, 15) is 17.6 Å². The lowest BCUT2D eigenvalue weighted by Gasteiger charge is -2.64. The van der Waals surface area contributed by atoms with Crippen LogP contribution in [0.3, 0.4) is 0 Å². The molecule has 1 aromatic carbocycles. The van der Waals surface area contributed by atoms with E-state index < -0.39 is 46.5 Å². The predicted octanol–water partition coefficient (Wildman–Crippen LogP) is 2.23. The van der Waals surface area contributed by atoms with Crippen LogP contribution in [0.25, 0.3) is 0 Å². The van der Waals surface area contributed by atoms with Gasteiger partial charge in [-0.2, -0.15) is 0 Å². The second kappa shape index (κ2) is 9.41. The largest absolute Gasteiger partial charge is 0.481 e. The SMILES string of the molecule is CC(C)C[C@H](NC(=O)[C@@H](N)CNS(=O)(=O)c1ccc(F)cc1)B1O[C@@H]2C[C@H]3C[C@H](C3(C)C)[C@]2(C)O1. The minimum atomic E-state index is -3.93. The molecule has 5 rings (SSSR count). The highest BCUT2D eigenvalue weighted by Gasteiger charge is 2.68. The normalized spacial score (nSPS) is 31.0. The summed E-state index contributed by atoms with van der Waals surface area (Å²) in [5.74, 6) is -0.154. The molecule has 2 bridgehead atoms. The Morgan fingerprint density at radius 1 is 1.23 bits per heavy atom. The fraction of sp³-hybridized carbons (Fsp3) is 0.708. The third kappa shape index (κ3) is 5.02. The molecule has 8 nitrogen and oxygen atoms in total. The molecule has 1 heterocycles. The van der Waals surface area contributed by atoms with E-state index in [4.69, 9.17) is 15.0 Å². The molecule has 1 amide bonds. The number of benzene rings is 1. The average Bonchev–Trinajstić information content (AvgIpc) is 3.14. The van der Waals surface area contributed by atoms with Crippen LogP contribution >= 0.6 is 0 Å². The van der Waals surface area contributed by atoms with Crippen LogP contribution in [0.4, 0.5) is 4.39 Å². The third-order valence-corrected chi connectivity index (χ3v) is 9.74. The van der Waals surface area contributed by atoms with Crippen LogP contribution in [0.15, 0.2) is 29.2 Å². The van der Waals surface area contributed by atoms with Gasteiger partial charge >= 0.3 is 7.12 Å².